The van der Waals surface area contributed by atoms with Crippen LogP contribution in [0.4, 0.5) is 0 Å². The first-order valence-corrected chi connectivity index (χ1v) is 9.96. The van der Waals surface area contributed by atoms with Gasteiger partial charge in [0.15, 0.2) is 0 Å². The predicted molar refractivity (Wildman–Crippen MR) is 103 cm³/mol. The van der Waals surface area contributed by atoms with Gasteiger partial charge in [-0.1, -0.05) is 64.0 Å². The van der Waals surface area contributed by atoms with Crippen LogP contribution in [0.25, 0.3) is 0 Å². The first kappa shape index (κ1) is 20.2. The molecular formula is C20H39N3. The second-order valence-corrected chi connectivity index (χ2v) is 6.86. The number of unbranched alkanes of at least 4 members (excludes halogenated alkanes) is 9. The van der Waals surface area contributed by atoms with E-state index < -0.39 is 0 Å². The third kappa shape index (κ3) is 9.80. The van der Waals surface area contributed by atoms with Crippen LogP contribution in [0.1, 0.15) is 90.9 Å². The lowest BCUT2D eigenvalue weighted by Crippen LogP contribution is -2.41. The molecule has 0 bridgehead atoms. The standard InChI is InChI=1S/C20H39N3/c1-3-4-5-6-7-8-9-10-11-12-13-14-15-16-20-22-17-18-23(20)19(2)21/h5-6,19H,3-4,7-18,21H2,1-2H3/b6-5+. The van der Waals surface area contributed by atoms with E-state index in [2.05, 4.69) is 35.9 Å². The highest BCUT2D eigenvalue weighted by molar-refractivity contribution is 5.83. The zero-order valence-corrected chi connectivity index (χ0v) is 15.6. The SMILES string of the molecule is CCC/C=C/CCCCCCCCCCC1=NCCN1C(C)N. The molecule has 1 unspecified atom stereocenters. The average molecular weight is 322 g/mol. The van der Waals surface area contributed by atoms with Gasteiger partial charge in [0.1, 0.15) is 5.84 Å². The minimum Gasteiger partial charge on any atom is -0.343 e. The Morgan fingerprint density at radius 3 is 2.26 bits per heavy atom. The van der Waals surface area contributed by atoms with Crippen LogP contribution < -0.4 is 5.73 Å². The number of hydrogen-bond donors (Lipinski definition) is 1. The number of rotatable bonds is 14. The summed E-state index contributed by atoms with van der Waals surface area (Å²) in [6.45, 7) is 6.24. The second kappa shape index (κ2) is 13.6. The Kier molecular flexibility index (Phi) is 11.9. The van der Waals surface area contributed by atoms with E-state index in [9.17, 15) is 0 Å². The number of nitrogens with two attached hydrogens (primary N) is 1. The number of allylic oxidation sites excluding steroid dienone is 2. The van der Waals surface area contributed by atoms with Gasteiger partial charge in [-0.25, -0.2) is 0 Å². The van der Waals surface area contributed by atoms with Gasteiger partial charge in [-0.3, -0.25) is 4.99 Å². The van der Waals surface area contributed by atoms with Crippen molar-refractivity contribution in [1.82, 2.24) is 4.90 Å². The lowest BCUT2D eigenvalue weighted by atomic mass is 10.1. The first-order chi connectivity index (χ1) is 11.3. The molecule has 0 aliphatic carbocycles. The van der Waals surface area contributed by atoms with Crippen molar-refractivity contribution in [3.63, 3.8) is 0 Å². The van der Waals surface area contributed by atoms with E-state index >= 15 is 0 Å². The Labute approximate surface area is 144 Å². The summed E-state index contributed by atoms with van der Waals surface area (Å²) in [6, 6.07) is 0. The summed E-state index contributed by atoms with van der Waals surface area (Å²) >= 11 is 0. The van der Waals surface area contributed by atoms with E-state index in [-0.39, 0.29) is 6.17 Å². The van der Waals surface area contributed by atoms with E-state index in [0.717, 1.165) is 19.5 Å². The van der Waals surface area contributed by atoms with Crippen molar-refractivity contribution in [3.8, 4) is 0 Å². The van der Waals surface area contributed by atoms with Crippen LogP contribution in [0.5, 0.6) is 0 Å². The molecule has 0 aromatic carbocycles. The average Bonchev–Trinajstić information content (AvgIpc) is 3.00. The fourth-order valence-corrected chi connectivity index (χ4v) is 3.18. The number of nitrogens with zero attached hydrogens (tertiary/aromatic N) is 2. The van der Waals surface area contributed by atoms with Gasteiger partial charge in [0.2, 0.25) is 0 Å². The van der Waals surface area contributed by atoms with Crippen LogP contribution in [-0.4, -0.2) is 30.0 Å². The highest BCUT2D eigenvalue weighted by Gasteiger charge is 2.18. The Morgan fingerprint density at radius 1 is 1.00 bits per heavy atom. The number of aliphatic imine (C=N–C) groups is 1. The van der Waals surface area contributed by atoms with E-state index in [4.69, 9.17) is 5.73 Å². The lowest BCUT2D eigenvalue weighted by Gasteiger charge is -2.24. The molecule has 0 amide bonds. The van der Waals surface area contributed by atoms with Gasteiger partial charge in [-0.15, -0.1) is 0 Å². The van der Waals surface area contributed by atoms with Gasteiger partial charge in [0.25, 0.3) is 0 Å². The van der Waals surface area contributed by atoms with Crippen molar-refractivity contribution < 1.29 is 0 Å². The van der Waals surface area contributed by atoms with Crippen LogP contribution in [0.3, 0.4) is 0 Å². The van der Waals surface area contributed by atoms with Crippen molar-refractivity contribution in [2.75, 3.05) is 13.1 Å². The van der Waals surface area contributed by atoms with Crippen LogP contribution in [0.15, 0.2) is 17.1 Å². The quantitative estimate of drug-likeness (QED) is 0.350. The maximum Gasteiger partial charge on any atom is 0.100 e. The molecule has 0 saturated carbocycles. The topological polar surface area (TPSA) is 41.6 Å². The Balaban J connectivity index is 1.85. The molecule has 0 aromatic heterocycles. The normalized spacial score (nSPS) is 16.3. The maximum atomic E-state index is 5.97. The molecule has 134 valence electrons. The largest absolute Gasteiger partial charge is 0.343 e. The van der Waals surface area contributed by atoms with E-state index in [1.165, 1.54) is 76.5 Å². The molecule has 1 aliphatic rings. The van der Waals surface area contributed by atoms with Gasteiger partial charge in [-0.05, 0) is 32.6 Å². The molecule has 3 heteroatoms. The maximum absolute atomic E-state index is 5.97. The predicted octanol–water partition coefficient (Wildman–Crippen LogP) is 5.26. The minimum absolute atomic E-state index is 0.119. The summed E-state index contributed by atoms with van der Waals surface area (Å²) in [5, 5.41) is 0. The van der Waals surface area contributed by atoms with E-state index in [1.54, 1.807) is 0 Å². The summed E-state index contributed by atoms with van der Waals surface area (Å²) in [5.74, 6) is 1.25. The van der Waals surface area contributed by atoms with Gasteiger partial charge in [0, 0.05) is 13.0 Å². The monoisotopic (exact) mass is 321 g/mol. The molecule has 0 fully saturated rings. The van der Waals surface area contributed by atoms with Crippen LogP contribution in [0.2, 0.25) is 0 Å². The molecule has 1 rings (SSSR count). The minimum atomic E-state index is 0.119. The summed E-state index contributed by atoms with van der Waals surface area (Å²) in [6.07, 6.45) is 20.7. The van der Waals surface area contributed by atoms with Gasteiger partial charge < -0.3 is 10.6 Å². The summed E-state index contributed by atoms with van der Waals surface area (Å²) in [5.41, 5.74) is 5.97. The molecule has 1 atom stereocenters. The van der Waals surface area contributed by atoms with Crippen molar-refractivity contribution in [2.24, 2.45) is 10.7 Å². The number of hydrogen-bond acceptors (Lipinski definition) is 3. The number of amidine groups is 1. The summed E-state index contributed by atoms with van der Waals surface area (Å²) in [4.78, 5) is 6.85. The highest BCUT2D eigenvalue weighted by atomic mass is 15.3. The second-order valence-electron chi connectivity index (χ2n) is 6.86. The van der Waals surface area contributed by atoms with Crippen molar-refractivity contribution >= 4 is 5.84 Å². The van der Waals surface area contributed by atoms with Crippen molar-refractivity contribution in [1.29, 1.82) is 0 Å². The third-order valence-corrected chi connectivity index (χ3v) is 4.60. The zero-order valence-electron chi connectivity index (χ0n) is 15.6. The zero-order chi connectivity index (χ0) is 16.8. The molecular weight excluding hydrogens is 282 g/mol. The molecule has 0 saturated heterocycles. The molecule has 0 aromatic rings. The van der Waals surface area contributed by atoms with Crippen LogP contribution in [-0.2, 0) is 0 Å². The summed E-state index contributed by atoms with van der Waals surface area (Å²) < 4.78 is 0. The molecule has 2 N–H and O–H groups in total. The van der Waals surface area contributed by atoms with E-state index in [0.29, 0.717) is 0 Å². The lowest BCUT2D eigenvalue weighted by molar-refractivity contribution is 0.358. The van der Waals surface area contributed by atoms with Crippen molar-refractivity contribution in [3.05, 3.63) is 12.2 Å². The van der Waals surface area contributed by atoms with Gasteiger partial charge in [-0.2, -0.15) is 0 Å². The van der Waals surface area contributed by atoms with Gasteiger partial charge in [0.05, 0.1) is 12.7 Å². The molecule has 1 aliphatic heterocycles. The molecule has 0 radical (unpaired) electrons. The smallest absolute Gasteiger partial charge is 0.100 e. The Bertz CT molecular complexity index is 334. The molecule has 0 spiro atoms. The Hall–Kier alpha value is -0.830. The molecule has 23 heavy (non-hydrogen) atoms. The molecule has 3 nitrogen and oxygen atoms in total. The first-order valence-electron chi connectivity index (χ1n) is 9.96. The van der Waals surface area contributed by atoms with Crippen LogP contribution in [0, 0.1) is 0 Å². The summed E-state index contributed by atoms with van der Waals surface area (Å²) in [7, 11) is 0. The fourth-order valence-electron chi connectivity index (χ4n) is 3.18. The molecule has 1 heterocycles. The van der Waals surface area contributed by atoms with E-state index in [1.807, 2.05) is 0 Å². The van der Waals surface area contributed by atoms with Crippen LogP contribution >= 0.6 is 0 Å². The highest BCUT2D eigenvalue weighted by Crippen LogP contribution is 2.14. The van der Waals surface area contributed by atoms with Crippen molar-refractivity contribution in [2.45, 2.75) is 97.1 Å². The van der Waals surface area contributed by atoms with Gasteiger partial charge >= 0.3 is 0 Å². The fraction of sp³-hybridized carbons (Fsp3) is 0.850. The third-order valence-electron chi connectivity index (χ3n) is 4.60. The Morgan fingerprint density at radius 2 is 1.61 bits per heavy atom.